The van der Waals surface area contributed by atoms with E-state index in [0.717, 1.165) is 56.1 Å². The van der Waals surface area contributed by atoms with Crippen molar-refractivity contribution in [3.05, 3.63) is 0 Å². The number of carbonyl (C=O) groups excluding carboxylic acids is 3. The second-order valence-corrected chi connectivity index (χ2v) is 8.55. The Bertz CT molecular complexity index is 566. The Kier molecular flexibility index (Phi) is 6.40. The summed E-state index contributed by atoms with van der Waals surface area (Å²) in [5.74, 6) is 0.389. The van der Waals surface area contributed by atoms with Crippen LogP contribution in [0.1, 0.15) is 58.3 Å². The maximum Gasteiger partial charge on any atom is 0.327 e. The molecule has 7 heteroatoms. The van der Waals surface area contributed by atoms with Crippen LogP contribution in [0.4, 0.5) is 4.79 Å². The van der Waals surface area contributed by atoms with E-state index in [9.17, 15) is 14.4 Å². The van der Waals surface area contributed by atoms with E-state index in [1.807, 2.05) is 0 Å². The van der Waals surface area contributed by atoms with Crippen molar-refractivity contribution in [2.75, 3.05) is 39.8 Å². The summed E-state index contributed by atoms with van der Waals surface area (Å²) < 4.78 is 0. The Morgan fingerprint density at radius 3 is 2.48 bits per heavy atom. The van der Waals surface area contributed by atoms with Crippen molar-refractivity contribution in [2.24, 2.45) is 5.92 Å². The van der Waals surface area contributed by atoms with Crippen LogP contribution in [0.15, 0.2) is 0 Å². The van der Waals surface area contributed by atoms with Crippen molar-refractivity contribution in [2.45, 2.75) is 63.8 Å². The third kappa shape index (κ3) is 4.28. The van der Waals surface area contributed by atoms with Crippen LogP contribution in [0.2, 0.25) is 0 Å². The second kappa shape index (κ2) is 8.59. The molecule has 2 saturated heterocycles. The molecular weight excluding hydrogens is 344 g/mol. The predicted octanol–water partition coefficient (Wildman–Crippen LogP) is 1.82. The molecule has 1 saturated carbocycles. The fourth-order valence-corrected chi connectivity index (χ4v) is 4.69. The molecule has 3 fully saturated rings. The largest absolute Gasteiger partial charge is 0.354 e. The number of rotatable bonds is 6. The van der Waals surface area contributed by atoms with Crippen LogP contribution in [-0.4, -0.2) is 77.9 Å². The molecule has 1 aliphatic carbocycles. The monoisotopic (exact) mass is 378 g/mol. The van der Waals surface area contributed by atoms with Gasteiger partial charge in [-0.05, 0) is 57.7 Å². The maximum atomic E-state index is 12.9. The minimum Gasteiger partial charge on any atom is -0.354 e. The van der Waals surface area contributed by atoms with Gasteiger partial charge in [0, 0.05) is 13.6 Å². The average Bonchev–Trinajstić information content (AvgIpc) is 2.84. The van der Waals surface area contributed by atoms with Crippen LogP contribution in [-0.2, 0) is 9.59 Å². The number of imide groups is 1. The van der Waals surface area contributed by atoms with Crippen LogP contribution >= 0.6 is 0 Å². The Hall–Kier alpha value is -1.63. The summed E-state index contributed by atoms with van der Waals surface area (Å²) in [6.07, 6.45) is 7.83. The van der Waals surface area contributed by atoms with Crippen LogP contribution < -0.4 is 5.32 Å². The summed E-state index contributed by atoms with van der Waals surface area (Å²) in [6, 6.07) is -0.334. The molecule has 0 aromatic rings. The number of carbonyl (C=O) groups is 3. The molecule has 4 amide bonds. The lowest BCUT2D eigenvalue weighted by atomic mass is 9.81. The van der Waals surface area contributed by atoms with Gasteiger partial charge in [-0.3, -0.25) is 14.5 Å². The number of hydrogen-bond acceptors (Lipinski definition) is 4. The first-order valence-corrected chi connectivity index (χ1v) is 10.5. The third-order valence-electron chi connectivity index (χ3n) is 6.64. The lowest BCUT2D eigenvalue weighted by molar-refractivity contribution is -0.137. The van der Waals surface area contributed by atoms with Crippen LogP contribution in [0, 0.1) is 5.92 Å². The highest BCUT2D eigenvalue weighted by Crippen LogP contribution is 2.39. The maximum absolute atomic E-state index is 12.9. The summed E-state index contributed by atoms with van der Waals surface area (Å²) in [5.41, 5.74) is -0.707. The highest BCUT2D eigenvalue weighted by molar-refractivity contribution is 6.08. The van der Waals surface area contributed by atoms with Gasteiger partial charge in [-0.15, -0.1) is 0 Å². The number of piperidine rings is 1. The number of likely N-dealkylation sites (tertiary alicyclic amines) is 1. The van der Waals surface area contributed by atoms with E-state index >= 15 is 0 Å². The third-order valence-corrected chi connectivity index (χ3v) is 6.64. The van der Waals surface area contributed by atoms with Gasteiger partial charge < -0.3 is 15.1 Å². The predicted molar refractivity (Wildman–Crippen MR) is 103 cm³/mol. The van der Waals surface area contributed by atoms with E-state index in [-0.39, 0.29) is 24.4 Å². The van der Waals surface area contributed by atoms with Gasteiger partial charge in [-0.2, -0.15) is 0 Å². The van der Waals surface area contributed by atoms with Crippen molar-refractivity contribution in [1.82, 2.24) is 20.0 Å². The number of amides is 4. The van der Waals surface area contributed by atoms with E-state index in [4.69, 9.17) is 0 Å². The van der Waals surface area contributed by atoms with Crippen molar-refractivity contribution in [3.8, 4) is 0 Å². The summed E-state index contributed by atoms with van der Waals surface area (Å²) in [4.78, 5) is 42.8. The molecule has 0 bridgehead atoms. The zero-order valence-corrected chi connectivity index (χ0v) is 16.8. The number of nitrogens with one attached hydrogen (secondary N) is 1. The molecule has 7 nitrogen and oxygen atoms in total. The van der Waals surface area contributed by atoms with Gasteiger partial charge in [0.2, 0.25) is 5.91 Å². The molecule has 2 heterocycles. The van der Waals surface area contributed by atoms with E-state index in [1.54, 1.807) is 11.9 Å². The SMILES string of the molecule is CC1CCN(CCCNC(=O)CN2C(=O)N(C)C3(CCCCC3)C2=O)CC1. The summed E-state index contributed by atoms with van der Waals surface area (Å²) in [5, 5.41) is 2.87. The molecule has 152 valence electrons. The fraction of sp³-hybridized carbons (Fsp3) is 0.850. The summed E-state index contributed by atoms with van der Waals surface area (Å²) >= 11 is 0. The Labute approximate surface area is 162 Å². The fourth-order valence-electron chi connectivity index (χ4n) is 4.69. The lowest BCUT2D eigenvalue weighted by Crippen LogP contribution is -2.49. The molecule has 0 unspecified atom stereocenters. The molecule has 2 aliphatic heterocycles. The molecule has 1 N–H and O–H groups in total. The van der Waals surface area contributed by atoms with Gasteiger partial charge in [-0.25, -0.2) is 4.79 Å². The molecule has 3 aliphatic rings. The summed E-state index contributed by atoms with van der Waals surface area (Å²) in [7, 11) is 1.70. The normalized spacial score (nSPS) is 24.1. The highest BCUT2D eigenvalue weighted by atomic mass is 16.2. The van der Waals surface area contributed by atoms with Gasteiger partial charge in [0.25, 0.3) is 5.91 Å². The molecular formula is C20H34N4O3. The zero-order valence-electron chi connectivity index (χ0n) is 16.8. The van der Waals surface area contributed by atoms with Crippen LogP contribution in [0.25, 0.3) is 0 Å². The summed E-state index contributed by atoms with van der Waals surface area (Å²) in [6.45, 7) is 5.99. The number of urea groups is 1. The van der Waals surface area contributed by atoms with Crippen molar-refractivity contribution in [3.63, 3.8) is 0 Å². The van der Waals surface area contributed by atoms with Crippen molar-refractivity contribution in [1.29, 1.82) is 0 Å². The number of hydrogen-bond donors (Lipinski definition) is 1. The zero-order chi connectivity index (χ0) is 19.4. The molecule has 27 heavy (non-hydrogen) atoms. The van der Waals surface area contributed by atoms with Crippen LogP contribution in [0.3, 0.4) is 0 Å². The van der Waals surface area contributed by atoms with Crippen LogP contribution in [0.5, 0.6) is 0 Å². The van der Waals surface area contributed by atoms with E-state index in [2.05, 4.69) is 17.1 Å². The molecule has 0 aromatic heterocycles. The Balaban J connectivity index is 1.42. The first kappa shape index (κ1) is 20.1. The first-order valence-electron chi connectivity index (χ1n) is 10.5. The minimum atomic E-state index is -0.707. The molecule has 1 spiro atoms. The second-order valence-electron chi connectivity index (χ2n) is 8.55. The average molecular weight is 379 g/mol. The van der Waals surface area contributed by atoms with E-state index in [0.29, 0.717) is 19.4 Å². The Morgan fingerprint density at radius 1 is 1.15 bits per heavy atom. The van der Waals surface area contributed by atoms with Gasteiger partial charge >= 0.3 is 6.03 Å². The molecule has 0 radical (unpaired) electrons. The smallest absolute Gasteiger partial charge is 0.327 e. The van der Waals surface area contributed by atoms with E-state index in [1.165, 1.54) is 12.8 Å². The van der Waals surface area contributed by atoms with Gasteiger partial charge in [0.1, 0.15) is 12.1 Å². The first-order chi connectivity index (χ1) is 12.9. The quantitative estimate of drug-likeness (QED) is 0.565. The topological polar surface area (TPSA) is 73.0 Å². The van der Waals surface area contributed by atoms with Gasteiger partial charge in [-0.1, -0.05) is 26.2 Å². The Morgan fingerprint density at radius 2 is 1.81 bits per heavy atom. The minimum absolute atomic E-state index is 0.162. The number of likely N-dealkylation sites (N-methyl/N-ethyl adjacent to an activating group) is 1. The molecule has 0 aromatic carbocycles. The van der Waals surface area contributed by atoms with Gasteiger partial charge in [0.05, 0.1) is 0 Å². The highest BCUT2D eigenvalue weighted by Gasteiger charge is 2.55. The molecule has 3 rings (SSSR count). The lowest BCUT2D eigenvalue weighted by Gasteiger charge is -2.35. The van der Waals surface area contributed by atoms with Crippen molar-refractivity contribution >= 4 is 17.8 Å². The number of nitrogens with zero attached hydrogens (tertiary/aromatic N) is 3. The van der Waals surface area contributed by atoms with E-state index < -0.39 is 5.54 Å². The van der Waals surface area contributed by atoms with Crippen molar-refractivity contribution < 1.29 is 14.4 Å². The standard InChI is InChI=1S/C20H34N4O3/c1-16-7-13-23(14-8-16)12-6-11-21-17(25)15-24-18(26)20(22(2)19(24)27)9-4-3-5-10-20/h16H,3-15H2,1-2H3,(H,21,25). The van der Waals surface area contributed by atoms with Gasteiger partial charge in [0.15, 0.2) is 0 Å². The molecule has 0 atom stereocenters.